The van der Waals surface area contributed by atoms with Crippen LogP contribution in [0.15, 0.2) is 67.0 Å². The fraction of sp³-hybridized carbons (Fsp3) is 0.0556. The number of carbonyl (C=O) groups excluding carboxylic acids is 1. The molecule has 1 N–H and O–H groups in total. The number of allylic oxidation sites excluding steroid dienone is 1. The van der Waals surface area contributed by atoms with Gasteiger partial charge in [0.15, 0.2) is 5.17 Å². The lowest BCUT2D eigenvalue weighted by molar-refractivity contribution is -0.114. The number of furan rings is 1. The van der Waals surface area contributed by atoms with E-state index in [1.807, 2.05) is 43.5 Å². The van der Waals surface area contributed by atoms with Gasteiger partial charge in [0.1, 0.15) is 17.4 Å². The van der Waals surface area contributed by atoms with Crippen LogP contribution in [0.2, 0.25) is 0 Å². The molecule has 0 spiro atoms. The van der Waals surface area contributed by atoms with E-state index in [0.717, 1.165) is 14.9 Å². The summed E-state index contributed by atoms with van der Waals surface area (Å²) in [4.78, 5) is 18.9. The number of fused-ring (bicyclic) bond motifs is 1. The first-order valence-corrected chi connectivity index (χ1v) is 9.07. The number of hydrogen-bond acceptors (Lipinski definition) is 4. The number of thioether (sulfide) groups is 1. The summed E-state index contributed by atoms with van der Waals surface area (Å²) in [5.74, 6) is 0.900. The first-order valence-electron chi connectivity index (χ1n) is 7.46. The van der Waals surface area contributed by atoms with Gasteiger partial charge < -0.3 is 4.42 Å². The topological polar surface area (TPSA) is 69.7 Å². The second-order valence-electron chi connectivity index (χ2n) is 5.53. The van der Waals surface area contributed by atoms with Crippen molar-refractivity contribution in [1.82, 2.24) is 4.90 Å². The summed E-state index contributed by atoms with van der Waals surface area (Å²) in [6.45, 7) is 1.92. The third-order valence-corrected chi connectivity index (χ3v) is 5.16. The molecule has 0 saturated heterocycles. The number of rotatable bonds is 2. The van der Waals surface area contributed by atoms with Gasteiger partial charge in [-0.3, -0.25) is 15.1 Å². The Hall–Kier alpha value is -2.38. The molecule has 2 aliphatic heterocycles. The van der Waals surface area contributed by atoms with E-state index in [9.17, 15) is 4.79 Å². The number of aliphatic imine (C=N–C) groups is 1. The number of nitrogens with one attached hydrogen (secondary N) is 1. The van der Waals surface area contributed by atoms with Gasteiger partial charge in [0, 0.05) is 21.1 Å². The number of amidine groups is 2. The Bertz CT molecular complexity index is 986. The molecule has 2 aliphatic rings. The summed E-state index contributed by atoms with van der Waals surface area (Å²) >= 11 is 4.79. The molecule has 3 heterocycles. The minimum absolute atomic E-state index is 0.112. The maximum atomic E-state index is 12.3. The molecule has 1 aromatic heterocycles. The molecule has 2 aromatic rings. The van der Waals surface area contributed by atoms with Crippen LogP contribution in [0.1, 0.15) is 12.7 Å². The van der Waals surface area contributed by atoms with E-state index in [0.29, 0.717) is 16.7 Å². The standard InChI is InChI=1S/C18H12BrN3O2S/c1-10-9-22-16(20)14(17(23)21-18(22)25-10)8-13-6-7-15(24-13)11-2-4-12(19)5-3-11/h2-9,20H,1H3. The van der Waals surface area contributed by atoms with Crippen molar-refractivity contribution in [3.05, 3.63) is 63.3 Å². The van der Waals surface area contributed by atoms with E-state index in [2.05, 4.69) is 20.9 Å². The number of nitrogens with zero attached hydrogens (tertiary/aromatic N) is 2. The van der Waals surface area contributed by atoms with E-state index < -0.39 is 5.91 Å². The van der Waals surface area contributed by atoms with E-state index >= 15 is 0 Å². The number of hydrogen-bond donors (Lipinski definition) is 1. The summed E-state index contributed by atoms with van der Waals surface area (Å²) < 4.78 is 6.81. The highest BCUT2D eigenvalue weighted by molar-refractivity contribution is 9.10. The molecule has 25 heavy (non-hydrogen) atoms. The second-order valence-corrected chi connectivity index (χ2v) is 7.66. The minimum Gasteiger partial charge on any atom is -0.457 e. The van der Waals surface area contributed by atoms with Crippen LogP contribution in [0.5, 0.6) is 0 Å². The third kappa shape index (κ3) is 3.01. The predicted octanol–water partition coefficient (Wildman–Crippen LogP) is 4.88. The van der Waals surface area contributed by atoms with Crippen molar-refractivity contribution >= 4 is 50.7 Å². The maximum Gasteiger partial charge on any atom is 0.283 e. The van der Waals surface area contributed by atoms with Crippen molar-refractivity contribution in [2.45, 2.75) is 6.92 Å². The average Bonchev–Trinajstić information content (AvgIpc) is 3.18. The van der Waals surface area contributed by atoms with Crippen LogP contribution in [0.25, 0.3) is 17.4 Å². The Kier molecular flexibility index (Phi) is 3.97. The molecule has 0 radical (unpaired) electrons. The lowest BCUT2D eigenvalue weighted by Crippen LogP contribution is -2.35. The van der Waals surface area contributed by atoms with Crippen molar-refractivity contribution in [3.8, 4) is 11.3 Å². The Labute approximate surface area is 156 Å². The first kappa shape index (κ1) is 16.1. The molecule has 0 bridgehead atoms. The molecule has 0 saturated carbocycles. The fourth-order valence-electron chi connectivity index (χ4n) is 2.54. The van der Waals surface area contributed by atoms with Crippen molar-refractivity contribution in [3.63, 3.8) is 0 Å². The first-order chi connectivity index (χ1) is 12.0. The highest BCUT2D eigenvalue weighted by Gasteiger charge is 2.33. The van der Waals surface area contributed by atoms with E-state index in [1.54, 1.807) is 17.0 Å². The molecular weight excluding hydrogens is 402 g/mol. The summed E-state index contributed by atoms with van der Waals surface area (Å²) in [5.41, 5.74) is 1.15. The molecule has 124 valence electrons. The normalized spacial score (nSPS) is 18.5. The van der Waals surface area contributed by atoms with Crippen molar-refractivity contribution < 1.29 is 9.21 Å². The van der Waals surface area contributed by atoms with Crippen LogP contribution >= 0.6 is 27.7 Å². The lowest BCUT2D eigenvalue weighted by Gasteiger charge is -2.21. The van der Waals surface area contributed by atoms with Gasteiger partial charge in [-0.25, -0.2) is 0 Å². The molecular formula is C18H12BrN3O2S. The molecule has 0 atom stereocenters. The van der Waals surface area contributed by atoms with Crippen LogP contribution < -0.4 is 0 Å². The molecule has 1 amide bonds. The zero-order chi connectivity index (χ0) is 17.6. The Morgan fingerprint density at radius 3 is 2.76 bits per heavy atom. The largest absolute Gasteiger partial charge is 0.457 e. The SMILES string of the molecule is CC1=CN2C(=N)C(=Cc3ccc(-c4ccc(Br)cc4)o3)C(=O)N=C2S1. The Morgan fingerprint density at radius 2 is 2.00 bits per heavy atom. The predicted molar refractivity (Wildman–Crippen MR) is 103 cm³/mol. The Balaban J connectivity index is 1.66. The quantitative estimate of drug-likeness (QED) is 0.712. The van der Waals surface area contributed by atoms with Crippen LogP contribution in [-0.4, -0.2) is 21.8 Å². The van der Waals surface area contributed by atoms with Crippen LogP contribution in [0.3, 0.4) is 0 Å². The smallest absolute Gasteiger partial charge is 0.283 e. The van der Waals surface area contributed by atoms with Crippen LogP contribution in [0.4, 0.5) is 0 Å². The molecule has 0 fully saturated rings. The summed E-state index contributed by atoms with van der Waals surface area (Å²) in [7, 11) is 0. The van der Waals surface area contributed by atoms with Crippen molar-refractivity contribution in [1.29, 1.82) is 5.41 Å². The zero-order valence-corrected chi connectivity index (χ0v) is 15.5. The minimum atomic E-state index is -0.423. The molecule has 0 aliphatic carbocycles. The number of carbonyl (C=O) groups is 1. The van der Waals surface area contributed by atoms with E-state index in [4.69, 9.17) is 9.83 Å². The van der Waals surface area contributed by atoms with Crippen molar-refractivity contribution in [2.75, 3.05) is 0 Å². The summed E-state index contributed by atoms with van der Waals surface area (Å²) in [5, 5.41) is 8.82. The second kappa shape index (κ2) is 6.16. The molecule has 7 heteroatoms. The maximum absolute atomic E-state index is 12.3. The van der Waals surface area contributed by atoms with Crippen LogP contribution in [0, 0.1) is 5.41 Å². The molecule has 4 rings (SSSR count). The number of benzene rings is 1. The van der Waals surface area contributed by atoms with Gasteiger partial charge in [-0.05, 0) is 37.3 Å². The van der Waals surface area contributed by atoms with Gasteiger partial charge >= 0.3 is 0 Å². The molecule has 1 aromatic carbocycles. The monoisotopic (exact) mass is 413 g/mol. The van der Waals surface area contributed by atoms with E-state index in [1.165, 1.54) is 11.8 Å². The summed E-state index contributed by atoms with van der Waals surface area (Å²) in [6.07, 6.45) is 3.38. The summed E-state index contributed by atoms with van der Waals surface area (Å²) in [6, 6.07) is 11.4. The van der Waals surface area contributed by atoms with Gasteiger partial charge in [-0.2, -0.15) is 4.99 Å². The zero-order valence-electron chi connectivity index (χ0n) is 13.1. The Morgan fingerprint density at radius 1 is 1.24 bits per heavy atom. The van der Waals surface area contributed by atoms with Gasteiger partial charge in [0.2, 0.25) is 0 Å². The number of amides is 1. The molecule has 5 nitrogen and oxygen atoms in total. The average molecular weight is 414 g/mol. The fourth-order valence-corrected chi connectivity index (χ4v) is 3.62. The van der Waals surface area contributed by atoms with Crippen LogP contribution in [-0.2, 0) is 4.79 Å². The van der Waals surface area contributed by atoms with Gasteiger partial charge in [0.05, 0.1) is 5.57 Å². The van der Waals surface area contributed by atoms with Crippen molar-refractivity contribution in [2.24, 2.45) is 4.99 Å². The van der Waals surface area contributed by atoms with E-state index in [-0.39, 0.29) is 11.4 Å². The highest BCUT2D eigenvalue weighted by atomic mass is 79.9. The highest BCUT2D eigenvalue weighted by Crippen LogP contribution is 2.33. The third-order valence-electron chi connectivity index (χ3n) is 3.73. The van der Waals surface area contributed by atoms with Gasteiger partial charge in [-0.1, -0.05) is 39.8 Å². The number of halogens is 1. The molecule has 0 unspecified atom stereocenters. The van der Waals surface area contributed by atoms with Gasteiger partial charge in [-0.15, -0.1) is 0 Å². The lowest BCUT2D eigenvalue weighted by atomic mass is 10.1. The van der Waals surface area contributed by atoms with Gasteiger partial charge in [0.25, 0.3) is 5.91 Å².